The molecule has 0 nitrogen and oxygen atoms in total. The van der Waals surface area contributed by atoms with E-state index in [2.05, 4.69) is 11.8 Å². The molecule has 0 radical (unpaired) electrons. The van der Waals surface area contributed by atoms with Crippen molar-refractivity contribution in [2.45, 2.75) is 81.3 Å². The van der Waals surface area contributed by atoms with Crippen LogP contribution in [0.1, 0.15) is 70.6 Å². The van der Waals surface area contributed by atoms with E-state index in [1.807, 2.05) is 0 Å². The zero-order valence-corrected chi connectivity index (χ0v) is 12.6. The molecule has 17 heavy (non-hydrogen) atoms. The minimum Gasteiger partial charge on any atom is -0.159 e. The van der Waals surface area contributed by atoms with Gasteiger partial charge in [0.1, 0.15) is 0 Å². The lowest BCUT2D eigenvalue weighted by molar-refractivity contribution is 0.448. The zero-order chi connectivity index (χ0) is 11.9. The largest absolute Gasteiger partial charge is 0.159 e. The van der Waals surface area contributed by atoms with Crippen molar-refractivity contribution in [3.8, 4) is 0 Å². The molecule has 100 valence electrons. The maximum Gasteiger partial charge on any atom is 0.0336 e. The molecule has 0 aromatic carbocycles. The summed E-state index contributed by atoms with van der Waals surface area (Å²) in [5.74, 6) is 2.46. The van der Waals surface area contributed by atoms with Crippen LogP contribution < -0.4 is 0 Å². The highest BCUT2D eigenvalue weighted by atomic mass is 35.5. The molecule has 0 bridgehead atoms. The molecule has 0 saturated heterocycles. The highest BCUT2D eigenvalue weighted by molar-refractivity contribution is 7.99. The molecule has 0 aliphatic heterocycles. The second kappa shape index (κ2) is 7.94. The maximum atomic E-state index is 6.15. The Morgan fingerprint density at radius 1 is 0.824 bits per heavy atom. The number of halogens is 1. The summed E-state index contributed by atoms with van der Waals surface area (Å²) in [7, 11) is 0. The van der Waals surface area contributed by atoms with Crippen LogP contribution in [-0.4, -0.2) is 16.4 Å². The molecule has 2 saturated carbocycles. The summed E-state index contributed by atoms with van der Waals surface area (Å²) >= 11 is 8.39. The number of thioether (sulfide) groups is 1. The van der Waals surface area contributed by atoms with E-state index < -0.39 is 0 Å². The van der Waals surface area contributed by atoms with Crippen molar-refractivity contribution in [1.29, 1.82) is 0 Å². The van der Waals surface area contributed by atoms with Crippen LogP contribution in [0.4, 0.5) is 0 Å². The Morgan fingerprint density at radius 2 is 1.47 bits per heavy atom. The van der Waals surface area contributed by atoms with Gasteiger partial charge in [0.05, 0.1) is 0 Å². The topological polar surface area (TPSA) is 0 Å². The van der Waals surface area contributed by atoms with Gasteiger partial charge in [-0.1, -0.05) is 38.5 Å². The number of alkyl halides is 1. The summed E-state index contributed by atoms with van der Waals surface area (Å²) < 4.78 is 0. The molecule has 2 heteroatoms. The van der Waals surface area contributed by atoms with Crippen LogP contribution in [0, 0.1) is 5.92 Å². The monoisotopic (exact) mass is 274 g/mol. The van der Waals surface area contributed by atoms with Crippen LogP contribution in [-0.2, 0) is 0 Å². The summed E-state index contributed by atoms with van der Waals surface area (Å²) in [6, 6.07) is 0. The Kier molecular flexibility index (Phi) is 6.57. The standard InChI is InChI=1S/C15H27ClS/c16-14-7-9-15(10-8-14)17-12-11-13-5-3-1-2-4-6-13/h13-15H,1-12H2. The first kappa shape index (κ1) is 14.1. The van der Waals surface area contributed by atoms with Crippen molar-refractivity contribution in [1.82, 2.24) is 0 Å². The molecule has 0 heterocycles. The molecule has 0 atom stereocenters. The first-order valence-electron chi connectivity index (χ1n) is 7.60. The number of hydrogen-bond acceptors (Lipinski definition) is 1. The Bertz CT molecular complexity index is 191. The maximum absolute atomic E-state index is 6.15. The predicted octanol–water partition coefficient (Wildman–Crippen LogP) is 5.63. The van der Waals surface area contributed by atoms with Crippen molar-refractivity contribution in [2.75, 3.05) is 5.75 Å². The van der Waals surface area contributed by atoms with E-state index in [0.29, 0.717) is 5.38 Å². The minimum atomic E-state index is 0.480. The third-order valence-corrected chi connectivity index (χ3v) is 6.31. The van der Waals surface area contributed by atoms with Crippen molar-refractivity contribution >= 4 is 23.4 Å². The highest BCUT2D eigenvalue weighted by Gasteiger charge is 2.20. The molecule has 0 spiro atoms. The fourth-order valence-corrected chi connectivity index (χ4v) is 4.90. The Morgan fingerprint density at radius 3 is 2.12 bits per heavy atom. The average Bonchev–Trinajstić information content (AvgIpc) is 2.60. The summed E-state index contributed by atoms with van der Waals surface area (Å²) in [5.41, 5.74) is 0. The molecule has 2 aliphatic rings. The van der Waals surface area contributed by atoms with Gasteiger partial charge in [0.2, 0.25) is 0 Å². The summed E-state index contributed by atoms with van der Waals surface area (Å²) in [6.07, 6.45) is 15.7. The van der Waals surface area contributed by atoms with Crippen LogP contribution in [0.15, 0.2) is 0 Å². The number of rotatable bonds is 4. The molecule has 0 N–H and O–H groups in total. The molecule has 2 fully saturated rings. The molecule has 0 amide bonds. The van der Waals surface area contributed by atoms with Gasteiger partial charge in [-0.05, 0) is 43.8 Å². The van der Waals surface area contributed by atoms with Gasteiger partial charge in [-0.25, -0.2) is 0 Å². The fraction of sp³-hybridized carbons (Fsp3) is 1.00. The van der Waals surface area contributed by atoms with Gasteiger partial charge >= 0.3 is 0 Å². The predicted molar refractivity (Wildman–Crippen MR) is 80.2 cm³/mol. The third-order valence-electron chi connectivity index (χ3n) is 4.46. The minimum absolute atomic E-state index is 0.480. The second-order valence-electron chi connectivity index (χ2n) is 5.89. The van der Waals surface area contributed by atoms with Crippen molar-refractivity contribution in [2.24, 2.45) is 5.92 Å². The smallest absolute Gasteiger partial charge is 0.0336 e. The van der Waals surface area contributed by atoms with Crippen LogP contribution in [0.25, 0.3) is 0 Å². The SMILES string of the molecule is ClC1CCC(SCCC2CCCCCC2)CC1. The van der Waals surface area contributed by atoms with Crippen molar-refractivity contribution in [3.63, 3.8) is 0 Å². The summed E-state index contributed by atoms with van der Waals surface area (Å²) in [6.45, 7) is 0. The molecule has 0 unspecified atom stereocenters. The fourth-order valence-electron chi connectivity index (χ4n) is 3.24. The lowest BCUT2D eigenvalue weighted by Crippen LogP contribution is -2.16. The van der Waals surface area contributed by atoms with Gasteiger partial charge < -0.3 is 0 Å². The van der Waals surface area contributed by atoms with Gasteiger partial charge in [0.25, 0.3) is 0 Å². The molecule has 2 aliphatic carbocycles. The van der Waals surface area contributed by atoms with E-state index in [4.69, 9.17) is 11.6 Å². The van der Waals surface area contributed by atoms with E-state index in [9.17, 15) is 0 Å². The van der Waals surface area contributed by atoms with Crippen molar-refractivity contribution < 1.29 is 0 Å². The Balaban J connectivity index is 1.55. The van der Waals surface area contributed by atoms with Gasteiger partial charge in [-0.3, -0.25) is 0 Å². The van der Waals surface area contributed by atoms with E-state index in [0.717, 1.165) is 11.2 Å². The van der Waals surface area contributed by atoms with Gasteiger partial charge in [-0.2, -0.15) is 11.8 Å². The Hall–Kier alpha value is 0.640. The third kappa shape index (κ3) is 5.42. The van der Waals surface area contributed by atoms with Crippen LogP contribution >= 0.6 is 23.4 Å². The van der Waals surface area contributed by atoms with E-state index >= 15 is 0 Å². The van der Waals surface area contributed by atoms with Crippen LogP contribution in [0.3, 0.4) is 0 Å². The zero-order valence-electron chi connectivity index (χ0n) is 11.0. The average molecular weight is 275 g/mol. The second-order valence-corrected chi connectivity index (χ2v) is 7.92. The normalized spacial score (nSPS) is 32.3. The van der Waals surface area contributed by atoms with E-state index in [1.54, 1.807) is 0 Å². The first-order valence-corrected chi connectivity index (χ1v) is 9.09. The molecule has 0 aromatic rings. The molecular weight excluding hydrogens is 248 g/mol. The lowest BCUT2D eigenvalue weighted by Gasteiger charge is -2.25. The lowest BCUT2D eigenvalue weighted by atomic mass is 9.98. The quantitative estimate of drug-likeness (QED) is 0.473. The number of hydrogen-bond donors (Lipinski definition) is 0. The highest BCUT2D eigenvalue weighted by Crippen LogP contribution is 2.33. The summed E-state index contributed by atoms with van der Waals surface area (Å²) in [5, 5.41) is 1.41. The van der Waals surface area contributed by atoms with Gasteiger partial charge in [0.15, 0.2) is 0 Å². The molecular formula is C15H27ClS. The van der Waals surface area contributed by atoms with E-state index in [-0.39, 0.29) is 0 Å². The van der Waals surface area contributed by atoms with Crippen LogP contribution in [0.2, 0.25) is 0 Å². The van der Waals surface area contributed by atoms with E-state index in [1.165, 1.54) is 76.4 Å². The van der Waals surface area contributed by atoms with Crippen molar-refractivity contribution in [3.05, 3.63) is 0 Å². The summed E-state index contributed by atoms with van der Waals surface area (Å²) in [4.78, 5) is 0. The van der Waals surface area contributed by atoms with Gasteiger partial charge in [-0.15, -0.1) is 11.6 Å². The van der Waals surface area contributed by atoms with Gasteiger partial charge in [0, 0.05) is 10.6 Å². The molecule has 2 rings (SSSR count). The Labute approximate surface area is 116 Å². The van der Waals surface area contributed by atoms with Crippen LogP contribution in [0.5, 0.6) is 0 Å². The molecule has 0 aromatic heterocycles. The first-order chi connectivity index (χ1) is 8.34.